The summed E-state index contributed by atoms with van der Waals surface area (Å²) in [5.41, 5.74) is 2.80. The second-order valence-corrected chi connectivity index (χ2v) is 6.27. The van der Waals surface area contributed by atoms with E-state index in [1.54, 1.807) is 0 Å². The minimum absolute atomic E-state index is 0.0424. The average molecular weight is 274 g/mol. The van der Waals surface area contributed by atoms with Crippen molar-refractivity contribution in [3.8, 4) is 0 Å². The third-order valence-corrected chi connectivity index (χ3v) is 4.44. The van der Waals surface area contributed by atoms with E-state index in [9.17, 15) is 4.79 Å². The first-order chi connectivity index (χ1) is 9.51. The second kappa shape index (κ2) is 6.29. The molecule has 1 aliphatic rings. The quantitative estimate of drug-likeness (QED) is 0.884. The number of carbonyl (C=O) groups is 1. The molecule has 0 heterocycles. The fourth-order valence-electron chi connectivity index (χ4n) is 3.19. The lowest BCUT2D eigenvalue weighted by molar-refractivity contribution is 0.0900. The molecular weight excluding hydrogens is 248 g/mol. The van der Waals surface area contributed by atoms with Crippen LogP contribution in [0.1, 0.15) is 49.0 Å². The Hall–Kier alpha value is -1.51. The third kappa shape index (κ3) is 3.33. The summed E-state index contributed by atoms with van der Waals surface area (Å²) in [5, 5.41) is 6.33. The predicted molar refractivity (Wildman–Crippen MR) is 84.2 cm³/mol. The van der Waals surface area contributed by atoms with E-state index in [0.29, 0.717) is 12.0 Å². The largest absolute Gasteiger partial charge is 0.387 e. The van der Waals surface area contributed by atoms with Gasteiger partial charge in [0, 0.05) is 18.8 Å². The highest BCUT2D eigenvalue weighted by molar-refractivity contribution is 5.99. The van der Waals surface area contributed by atoms with Gasteiger partial charge in [-0.2, -0.15) is 0 Å². The van der Waals surface area contributed by atoms with Crippen LogP contribution in [0.2, 0.25) is 0 Å². The molecule has 3 heteroatoms. The Balaban J connectivity index is 2.08. The van der Waals surface area contributed by atoms with Gasteiger partial charge in [-0.05, 0) is 55.7 Å². The molecule has 1 aromatic rings. The Morgan fingerprint density at radius 2 is 2.00 bits per heavy atom. The van der Waals surface area contributed by atoms with E-state index in [-0.39, 0.29) is 5.91 Å². The Morgan fingerprint density at radius 1 is 1.25 bits per heavy atom. The Bertz CT molecular complexity index is 484. The summed E-state index contributed by atoms with van der Waals surface area (Å²) in [5.74, 6) is 1.39. The molecule has 3 unspecified atom stereocenters. The van der Waals surface area contributed by atoms with E-state index in [0.717, 1.165) is 29.2 Å². The van der Waals surface area contributed by atoms with Gasteiger partial charge in [-0.1, -0.05) is 19.9 Å². The number of nitrogens with one attached hydrogen (secondary N) is 2. The highest BCUT2D eigenvalue weighted by atomic mass is 16.1. The minimum atomic E-state index is 0.0424. The summed E-state index contributed by atoms with van der Waals surface area (Å²) in [6.07, 6.45) is 3.51. The molecule has 0 saturated heterocycles. The van der Waals surface area contributed by atoms with E-state index in [1.807, 2.05) is 32.2 Å². The van der Waals surface area contributed by atoms with Gasteiger partial charge >= 0.3 is 0 Å². The lowest BCUT2D eigenvalue weighted by atomic mass is 9.80. The van der Waals surface area contributed by atoms with Crippen LogP contribution in [0.15, 0.2) is 18.2 Å². The van der Waals surface area contributed by atoms with Gasteiger partial charge in [-0.3, -0.25) is 4.79 Å². The monoisotopic (exact) mass is 274 g/mol. The molecule has 3 atom stereocenters. The van der Waals surface area contributed by atoms with Crippen molar-refractivity contribution < 1.29 is 4.79 Å². The number of aryl methyl sites for hydroxylation is 1. The number of anilines is 1. The fraction of sp³-hybridized carbons (Fsp3) is 0.588. The van der Waals surface area contributed by atoms with Crippen molar-refractivity contribution >= 4 is 11.6 Å². The fourth-order valence-corrected chi connectivity index (χ4v) is 3.19. The molecule has 2 rings (SSSR count). The minimum Gasteiger partial charge on any atom is -0.387 e. The number of hydrogen-bond acceptors (Lipinski definition) is 2. The van der Waals surface area contributed by atoms with Crippen molar-refractivity contribution in [1.29, 1.82) is 0 Å². The van der Waals surface area contributed by atoms with Crippen LogP contribution in [-0.4, -0.2) is 19.0 Å². The number of benzene rings is 1. The van der Waals surface area contributed by atoms with Crippen LogP contribution < -0.4 is 10.6 Å². The molecule has 2 N–H and O–H groups in total. The molecule has 0 bridgehead atoms. The number of carbonyl (C=O) groups excluding carboxylic acids is 1. The molecule has 0 aliphatic heterocycles. The predicted octanol–water partition coefficient (Wildman–Crippen LogP) is 3.59. The van der Waals surface area contributed by atoms with Gasteiger partial charge in [0.15, 0.2) is 0 Å². The zero-order valence-corrected chi connectivity index (χ0v) is 13.0. The molecule has 110 valence electrons. The van der Waals surface area contributed by atoms with Crippen LogP contribution in [-0.2, 0) is 0 Å². The maximum atomic E-state index is 12.5. The second-order valence-electron chi connectivity index (χ2n) is 6.27. The van der Waals surface area contributed by atoms with E-state index >= 15 is 0 Å². The van der Waals surface area contributed by atoms with Gasteiger partial charge in [0.1, 0.15) is 0 Å². The summed E-state index contributed by atoms with van der Waals surface area (Å²) >= 11 is 0. The SMILES string of the molecule is CNc1cc(C)ccc1C(=O)NC1CCC(C)CC1C. The van der Waals surface area contributed by atoms with E-state index in [4.69, 9.17) is 0 Å². The molecule has 3 nitrogen and oxygen atoms in total. The normalized spacial score (nSPS) is 26.1. The molecule has 0 spiro atoms. The average Bonchev–Trinajstić information content (AvgIpc) is 2.41. The highest BCUT2D eigenvalue weighted by Crippen LogP contribution is 2.29. The molecule has 20 heavy (non-hydrogen) atoms. The first-order valence-corrected chi connectivity index (χ1v) is 7.60. The van der Waals surface area contributed by atoms with Crippen molar-refractivity contribution in [2.75, 3.05) is 12.4 Å². The summed E-state index contributed by atoms with van der Waals surface area (Å²) in [6, 6.07) is 6.22. The Kier molecular flexibility index (Phi) is 4.69. The van der Waals surface area contributed by atoms with Crippen molar-refractivity contribution in [3.63, 3.8) is 0 Å². The van der Waals surface area contributed by atoms with Crippen molar-refractivity contribution in [3.05, 3.63) is 29.3 Å². The first-order valence-electron chi connectivity index (χ1n) is 7.60. The highest BCUT2D eigenvalue weighted by Gasteiger charge is 2.27. The van der Waals surface area contributed by atoms with Crippen molar-refractivity contribution in [1.82, 2.24) is 5.32 Å². The molecular formula is C17H26N2O. The third-order valence-electron chi connectivity index (χ3n) is 4.44. The summed E-state index contributed by atoms with van der Waals surface area (Å²) in [7, 11) is 1.86. The Morgan fingerprint density at radius 3 is 2.65 bits per heavy atom. The van der Waals surface area contributed by atoms with Crippen LogP contribution >= 0.6 is 0 Å². The maximum Gasteiger partial charge on any atom is 0.253 e. The molecule has 0 radical (unpaired) electrons. The van der Waals surface area contributed by atoms with Crippen LogP contribution in [0.25, 0.3) is 0 Å². The van der Waals surface area contributed by atoms with Crippen molar-refractivity contribution in [2.24, 2.45) is 11.8 Å². The van der Waals surface area contributed by atoms with E-state index in [2.05, 4.69) is 24.5 Å². The van der Waals surface area contributed by atoms with Crippen LogP contribution in [0, 0.1) is 18.8 Å². The first kappa shape index (κ1) is 14.9. The van der Waals surface area contributed by atoms with Gasteiger partial charge in [-0.25, -0.2) is 0 Å². The smallest absolute Gasteiger partial charge is 0.253 e. The van der Waals surface area contributed by atoms with Gasteiger partial charge in [0.05, 0.1) is 5.56 Å². The van der Waals surface area contributed by atoms with Gasteiger partial charge in [0.2, 0.25) is 0 Å². The van der Waals surface area contributed by atoms with Gasteiger partial charge in [0.25, 0.3) is 5.91 Å². The number of hydrogen-bond donors (Lipinski definition) is 2. The summed E-state index contributed by atoms with van der Waals surface area (Å²) in [4.78, 5) is 12.5. The summed E-state index contributed by atoms with van der Waals surface area (Å²) in [6.45, 7) is 6.58. The molecule has 1 fully saturated rings. The molecule has 1 saturated carbocycles. The van der Waals surface area contributed by atoms with E-state index < -0.39 is 0 Å². The summed E-state index contributed by atoms with van der Waals surface area (Å²) < 4.78 is 0. The lowest BCUT2D eigenvalue weighted by Gasteiger charge is -2.33. The van der Waals surface area contributed by atoms with Gasteiger partial charge in [-0.15, -0.1) is 0 Å². The lowest BCUT2D eigenvalue weighted by Crippen LogP contribution is -2.42. The van der Waals surface area contributed by atoms with Crippen molar-refractivity contribution in [2.45, 2.75) is 46.1 Å². The zero-order chi connectivity index (χ0) is 14.7. The number of amides is 1. The molecule has 1 amide bonds. The molecule has 1 aromatic carbocycles. The number of rotatable bonds is 3. The van der Waals surface area contributed by atoms with Crippen LogP contribution in [0.3, 0.4) is 0 Å². The molecule has 1 aliphatic carbocycles. The van der Waals surface area contributed by atoms with Crippen LogP contribution in [0.4, 0.5) is 5.69 Å². The molecule has 0 aromatic heterocycles. The van der Waals surface area contributed by atoms with E-state index in [1.165, 1.54) is 12.8 Å². The van der Waals surface area contributed by atoms with Gasteiger partial charge < -0.3 is 10.6 Å². The zero-order valence-electron chi connectivity index (χ0n) is 13.0. The maximum absolute atomic E-state index is 12.5. The van der Waals surface area contributed by atoms with Crippen LogP contribution in [0.5, 0.6) is 0 Å². The topological polar surface area (TPSA) is 41.1 Å². The Labute approximate surface area is 122 Å². The standard InChI is InChI=1S/C17H26N2O/c1-11-6-8-15(13(3)9-11)19-17(20)14-7-5-12(2)10-16(14)18-4/h5,7,10-11,13,15,18H,6,8-9H2,1-4H3,(H,19,20).